The lowest BCUT2D eigenvalue weighted by atomic mass is 10.1. The second-order valence-corrected chi connectivity index (χ2v) is 5.59. The van der Waals surface area contributed by atoms with Crippen molar-refractivity contribution in [1.82, 2.24) is 4.90 Å². The third-order valence-electron chi connectivity index (χ3n) is 3.25. The van der Waals surface area contributed by atoms with Crippen molar-refractivity contribution >= 4 is 5.91 Å². The summed E-state index contributed by atoms with van der Waals surface area (Å²) in [6, 6.07) is 3.75. The van der Waals surface area contributed by atoms with Crippen molar-refractivity contribution in [3.05, 3.63) is 35.4 Å². The van der Waals surface area contributed by atoms with E-state index in [4.69, 9.17) is 0 Å². The van der Waals surface area contributed by atoms with Gasteiger partial charge in [-0.25, -0.2) is 8.78 Å². The van der Waals surface area contributed by atoms with Gasteiger partial charge in [-0.3, -0.25) is 4.79 Å². The minimum Gasteiger partial charge on any atom is -0.335 e. The van der Waals surface area contributed by atoms with Gasteiger partial charge in [-0.15, -0.1) is 0 Å². The second kappa shape index (κ2) is 5.68. The number of carbonyl (C=O) groups excluding carboxylic acids is 1. The fourth-order valence-corrected chi connectivity index (χ4v) is 2.11. The molecular weight excluding hydrogens is 248 g/mol. The number of halogens is 2. The summed E-state index contributed by atoms with van der Waals surface area (Å²) in [5.41, 5.74) is 0.380. The van der Waals surface area contributed by atoms with Crippen LogP contribution in [0.1, 0.15) is 38.7 Å². The third-order valence-corrected chi connectivity index (χ3v) is 3.25. The predicted octanol–water partition coefficient (Wildman–Crippen LogP) is 3.50. The monoisotopic (exact) mass is 267 g/mol. The van der Waals surface area contributed by atoms with Crippen molar-refractivity contribution in [2.24, 2.45) is 5.92 Å². The average Bonchev–Trinajstić information content (AvgIpc) is 3.10. The maximum absolute atomic E-state index is 13.6. The molecule has 1 aliphatic carbocycles. The molecule has 0 N–H and O–H groups in total. The number of amides is 1. The SMILES string of the molecule is CC(C)CC(=O)N(Cc1ccc(F)cc1F)C1CC1. The maximum Gasteiger partial charge on any atom is 0.223 e. The van der Waals surface area contributed by atoms with Crippen LogP contribution < -0.4 is 0 Å². The van der Waals surface area contributed by atoms with Crippen molar-refractivity contribution in [2.45, 2.75) is 45.7 Å². The molecule has 1 amide bonds. The molecule has 1 fully saturated rings. The molecule has 0 heterocycles. The number of benzene rings is 1. The molecule has 1 aromatic carbocycles. The molecule has 0 spiro atoms. The highest BCUT2D eigenvalue weighted by Gasteiger charge is 2.32. The highest BCUT2D eigenvalue weighted by molar-refractivity contribution is 5.77. The van der Waals surface area contributed by atoms with Crippen LogP contribution in [0.4, 0.5) is 8.78 Å². The summed E-state index contributed by atoms with van der Waals surface area (Å²) in [7, 11) is 0. The van der Waals surface area contributed by atoms with Crippen molar-refractivity contribution in [2.75, 3.05) is 0 Å². The Labute approximate surface area is 112 Å². The first-order valence-corrected chi connectivity index (χ1v) is 6.70. The van der Waals surface area contributed by atoms with Gasteiger partial charge in [0.05, 0.1) is 0 Å². The maximum atomic E-state index is 13.6. The zero-order valence-electron chi connectivity index (χ0n) is 11.3. The Morgan fingerprint density at radius 2 is 2.05 bits per heavy atom. The molecule has 0 atom stereocenters. The molecule has 0 unspecified atom stereocenters. The summed E-state index contributed by atoms with van der Waals surface area (Å²) in [6.07, 6.45) is 2.43. The first-order valence-electron chi connectivity index (χ1n) is 6.70. The molecule has 1 saturated carbocycles. The number of hydrogen-bond donors (Lipinski definition) is 0. The molecule has 1 aliphatic rings. The van der Waals surface area contributed by atoms with Gasteiger partial charge in [-0.2, -0.15) is 0 Å². The van der Waals surface area contributed by atoms with Crippen molar-refractivity contribution < 1.29 is 13.6 Å². The van der Waals surface area contributed by atoms with E-state index in [-0.39, 0.29) is 24.4 Å². The fraction of sp³-hybridized carbons (Fsp3) is 0.533. The number of nitrogens with zero attached hydrogens (tertiary/aromatic N) is 1. The summed E-state index contributed by atoms with van der Waals surface area (Å²) in [4.78, 5) is 13.9. The van der Waals surface area contributed by atoms with Gasteiger partial charge >= 0.3 is 0 Å². The molecule has 4 heteroatoms. The van der Waals surface area contributed by atoms with Crippen LogP contribution >= 0.6 is 0 Å². The molecule has 19 heavy (non-hydrogen) atoms. The van der Waals surface area contributed by atoms with Gasteiger partial charge < -0.3 is 4.90 Å². The largest absolute Gasteiger partial charge is 0.335 e. The number of hydrogen-bond acceptors (Lipinski definition) is 1. The van der Waals surface area contributed by atoms with Crippen molar-refractivity contribution in [3.8, 4) is 0 Å². The molecule has 0 aliphatic heterocycles. The smallest absolute Gasteiger partial charge is 0.223 e. The zero-order valence-corrected chi connectivity index (χ0v) is 11.3. The summed E-state index contributed by atoms with van der Waals surface area (Å²) >= 11 is 0. The fourth-order valence-electron chi connectivity index (χ4n) is 2.11. The third kappa shape index (κ3) is 3.75. The molecule has 0 bridgehead atoms. The summed E-state index contributed by atoms with van der Waals surface area (Å²) in [5.74, 6) is -0.830. The Morgan fingerprint density at radius 1 is 1.37 bits per heavy atom. The van der Waals surface area contributed by atoms with E-state index >= 15 is 0 Å². The van der Waals surface area contributed by atoms with E-state index in [9.17, 15) is 13.6 Å². The lowest BCUT2D eigenvalue weighted by molar-refractivity contribution is -0.133. The quantitative estimate of drug-likeness (QED) is 0.799. The lowest BCUT2D eigenvalue weighted by Gasteiger charge is -2.23. The first kappa shape index (κ1) is 14.0. The van der Waals surface area contributed by atoms with Crippen molar-refractivity contribution in [3.63, 3.8) is 0 Å². The summed E-state index contributed by atoms with van der Waals surface area (Å²) < 4.78 is 26.5. The van der Waals surface area contributed by atoms with E-state index in [1.165, 1.54) is 12.1 Å². The Balaban J connectivity index is 2.10. The summed E-state index contributed by atoms with van der Waals surface area (Å²) in [6.45, 7) is 4.21. The van der Waals surface area contributed by atoms with E-state index in [2.05, 4.69) is 0 Å². The van der Waals surface area contributed by atoms with Gasteiger partial charge in [-0.05, 0) is 24.8 Å². The lowest BCUT2D eigenvalue weighted by Crippen LogP contribution is -2.33. The van der Waals surface area contributed by atoms with E-state index in [0.717, 1.165) is 18.9 Å². The van der Waals surface area contributed by atoms with Gasteiger partial charge in [0.1, 0.15) is 11.6 Å². The minimum absolute atomic E-state index is 0.0567. The highest BCUT2D eigenvalue weighted by atomic mass is 19.1. The number of carbonyl (C=O) groups is 1. The Morgan fingerprint density at radius 3 is 2.58 bits per heavy atom. The van der Waals surface area contributed by atoms with Crippen LogP contribution in [0.15, 0.2) is 18.2 Å². The van der Waals surface area contributed by atoms with Gasteiger partial charge in [0.15, 0.2) is 0 Å². The standard InChI is InChI=1S/C15H19F2NO/c1-10(2)7-15(19)18(13-5-6-13)9-11-3-4-12(16)8-14(11)17/h3-4,8,10,13H,5-7,9H2,1-2H3. The number of rotatable bonds is 5. The van der Waals surface area contributed by atoms with Gasteiger partial charge in [0.2, 0.25) is 5.91 Å². The van der Waals surface area contributed by atoms with Crippen molar-refractivity contribution in [1.29, 1.82) is 0 Å². The van der Waals surface area contributed by atoms with Crippen LogP contribution in [0.2, 0.25) is 0 Å². The van der Waals surface area contributed by atoms with Gasteiger partial charge in [-0.1, -0.05) is 19.9 Å². The molecule has 0 aromatic heterocycles. The van der Waals surface area contributed by atoms with Crippen LogP contribution in [0, 0.1) is 17.6 Å². The van der Waals surface area contributed by atoms with Gasteiger partial charge in [0, 0.05) is 30.6 Å². The molecule has 0 saturated heterocycles. The van der Waals surface area contributed by atoms with Crippen LogP contribution in [0.25, 0.3) is 0 Å². The van der Waals surface area contributed by atoms with Crippen LogP contribution in [-0.4, -0.2) is 16.8 Å². The minimum atomic E-state index is -0.590. The molecule has 1 aromatic rings. The van der Waals surface area contributed by atoms with E-state index < -0.39 is 11.6 Å². The Hall–Kier alpha value is -1.45. The van der Waals surface area contributed by atoms with Gasteiger partial charge in [0.25, 0.3) is 0 Å². The Kier molecular flexibility index (Phi) is 4.17. The molecule has 2 nitrogen and oxygen atoms in total. The summed E-state index contributed by atoms with van der Waals surface area (Å²) in [5, 5.41) is 0. The molecular formula is C15H19F2NO. The molecule has 104 valence electrons. The predicted molar refractivity (Wildman–Crippen MR) is 69.4 cm³/mol. The van der Waals surface area contributed by atoms with Crippen LogP contribution in [0.3, 0.4) is 0 Å². The van der Waals surface area contributed by atoms with E-state index in [1.807, 2.05) is 13.8 Å². The molecule has 0 radical (unpaired) electrons. The molecule has 2 rings (SSSR count). The highest BCUT2D eigenvalue weighted by Crippen LogP contribution is 2.30. The zero-order chi connectivity index (χ0) is 14.0. The van der Waals surface area contributed by atoms with E-state index in [0.29, 0.717) is 12.0 Å². The second-order valence-electron chi connectivity index (χ2n) is 5.59. The topological polar surface area (TPSA) is 20.3 Å². The van der Waals surface area contributed by atoms with E-state index in [1.54, 1.807) is 4.90 Å². The first-order chi connectivity index (χ1) is 8.97. The Bertz CT molecular complexity index is 469. The van der Waals surface area contributed by atoms with Crippen LogP contribution in [0.5, 0.6) is 0 Å². The normalized spacial score (nSPS) is 14.8. The average molecular weight is 267 g/mol. The van der Waals surface area contributed by atoms with Crippen LogP contribution in [-0.2, 0) is 11.3 Å².